The number of pyridine rings is 1. The maximum absolute atomic E-state index is 12.4. The Morgan fingerprint density at radius 2 is 2.23 bits per heavy atom. The number of amides is 1. The third kappa shape index (κ3) is 3.24. The van der Waals surface area contributed by atoms with Crippen molar-refractivity contribution in [3.63, 3.8) is 0 Å². The van der Waals surface area contributed by atoms with Crippen molar-refractivity contribution >= 4 is 11.7 Å². The molecule has 2 aromatic rings. The molecule has 1 unspecified atom stereocenters. The summed E-state index contributed by atoms with van der Waals surface area (Å²) in [7, 11) is 1.82. The molecule has 0 radical (unpaired) electrons. The highest BCUT2D eigenvalue weighted by Gasteiger charge is 2.44. The average Bonchev–Trinajstić information content (AvgIpc) is 3.02. The summed E-state index contributed by atoms with van der Waals surface area (Å²) >= 11 is 0. The van der Waals surface area contributed by atoms with Gasteiger partial charge in [-0.2, -0.15) is 5.10 Å². The molecule has 26 heavy (non-hydrogen) atoms. The molecule has 1 atom stereocenters. The van der Waals surface area contributed by atoms with Crippen molar-refractivity contribution in [3.05, 3.63) is 36.3 Å². The van der Waals surface area contributed by atoms with Gasteiger partial charge in [0.25, 0.3) is 0 Å². The zero-order valence-corrected chi connectivity index (χ0v) is 14.8. The number of aliphatic hydroxyl groups is 1. The second-order valence-electron chi connectivity index (χ2n) is 7.01. The number of anilines is 1. The maximum Gasteiger partial charge on any atom is 0.241 e. The molecule has 0 bridgehead atoms. The Morgan fingerprint density at radius 1 is 1.42 bits per heavy atom. The highest BCUT2D eigenvalue weighted by atomic mass is 16.5. The number of fused-ring (bicyclic) bond motifs is 1. The van der Waals surface area contributed by atoms with Crippen LogP contribution in [0, 0.1) is 0 Å². The largest absolute Gasteiger partial charge is 0.483 e. The number of hydrogen-bond donors (Lipinski definition) is 2. The lowest BCUT2D eigenvalue weighted by Gasteiger charge is -2.44. The Kier molecular flexibility index (Phi) is 4.28. The number of nitrogens with one attached hydrogen (secondary N) is 1. The van der Waals surface area contributed by atoms with Gasteiger partial charge in [-0.3, -0.25) is 9.48 Å². The van der Waals surface area contributed by atoms with Crippen molar-refractivity contribution in [3.8, 4) is 5.75 Å². The average molecular weight is 357 g/mol. The molecule has 4 rings (SSSR count). The Labute approximate surface area is 151 Å². The monoisotopic (exact) mass is 357 g/mol. The van der Waals surface area contributed by atoms with Crippen molar-refractivity contribution < 1.29 is 14.6 Å². The van der Waals surface area contributed by atoms with Crippen LogP contribution in [-0.2, 0) is 11.8 Å². The summed E-state index contributed by atoms with van der Waals surface area (Å²) in [6, 6.07) is 5.55. The van der Waals surface area contributed by atoms with Gasteiger partial charge in [-0.15, -0.1) is 0 Å². The molecule has 2 aliphatic rings. The summed E-state index contributed by atoms with van der Waals surface area (Å²) in [6.07, 6.45) is 4.80. The standard InChI is InChI=1S/C18H23N5O3/c1-22-12-14-17(21-22)13(24)10-18(26-14)5-8-23(9-6-18)16(25)11-20-15-4-2-3-7-19-15/h2-4,7,12-13,24H,5-6,8-11H2,1H3,(H,19,20). The summed E-state index contributed by atoms with van der Waals surface area (Å²) in [5.41, 5.74) is 0.192. The van der Waals surface area contributed by atoms with E-state index in [-0.39, 0.29) is 12.5 Å². The van der Waals surface area contributed by atoms with Gasteiger partial charge in [-0.1, -0.05) is 6.07 Å². The van der Waals surface area contributed by atoms with Gasteiger partial charge in [0, 0.05) is 45.6 Å². The van der Waals surface area contributed by atoms with Gasteiger partial charge >= 0.3 is 0 Å². The number of ether oxygens (including phenoxy) is 1. The zero-order chi connectivity index (χ0) is 18.1. The first-order valence-corrected chi connectivity index (χ1v) is 8.88. The van der Waals surface area contributed by atoms with Gasteiger partial charge in [-0.05, 0) is 12.1 Å². The summed E-state index contributed by atoms with van der Waals surface area (Å²) in [5.74, 6) is 1.39. The van der Waals surface area contributed by atoms with Gasteiger partial charge in [0.2, 0.25) is 5.91 Å². The van der Waals surface area contributed by atoms with E-state index >= 15 is 0 Å². The summed E-state index contributed by atoms with van der Waals surface area (Å²) in [6.45, 7) is 1.45. The van der Waals surface area contributed by atoms with Crippen molar-refractivity contribution in [1.82, 2.24) is 19.7 Å². The topological polar surface area (TPSA) is 92.5 Å². The second kappa shape index (κ2) is 6.60. The lowest BCUT2D eigenvalue weighted by molar-refractivity contribution is -0.134. The highest BCUT2D eigenvalue weighted by molar-refractivity contribution is 5.80. The molecular formula is C18H23N5O3. The first-order chi connectivity index (χ1) is 12.5. The molecule has 1 fully saturated rings. The Hall–Kier alpha value is -2.61. The molecule has 1 amide bonds. The minimum absolute atomic E-state index is 0.0453. The molecule has 0 saturated carbocycles. The molecular weight excluding hydrogens is 334 g/mol. The zero-order valence-electron chi connectivity index (χ0n) is 14.8. The molecule has 0 aromatic carbocycles. The number of carbonyl (C=O) groups is 1. The second-order valence-corrected chi connectivity index (χ2v) is 7.01. The van der Waals surface area contributed by atoms with E-state index in [2.05, 4.69) is 15.4 Å². The van der Waals surface area contributed by atoms with Crippen LogP contribution in [0.4, 0.5) is 5.82 Å². The predicted molar refractivity (Wildman–Crippen MR) is 94.7 cm³/mol. The van der Waals surface area contributed by atoms with E-state index in [4.69, 9.17) is 4.74 Å². The van der Waals surface area contributed by atoms with Crippen LogP contribution in [0.15, 0.2) is 30.6 Å². The summed E-state index contributed by atoms with van der Waals surface area (Å²) in [5, 5.41) is 17.7. The Morgan fingerprint density at radius 3 is 2.96 bits per heavy atom. The SMILES string of the molecule is Cn1cc2c(n1)C(O)CC1(CCN(C(=O)CNc3ccccn3)CC1)O2. The number of nitrogens with zero attached hydrogens (tertiary/aromatic N) is 4. The number of hydrogen-bond acceptors (Lipinski definition) is 6. The number of aromatic nitrogens is 3. The van der Waals surface area contributed by atoms with Gasteiger partial charge in [0.15, 0.2) is 5.75 Å². The fourth-order valence-electron chi connectivity index (χ4n) is 3.73. The van der Waals surface area contributed by atoms with Gasteiger partial charge in [0.05, 0.1) is 12.7 Å². The number of rotatable bonds is 3. The van der Waals surface area contributed by atoms with E-state index in [0.717, 1.165) is 0 Å². The van der Waals surface area contributed by atoms with Gasteiger partial charge < -0.3 is 20.1 Å². The van der Waals surface area contributed by atoms with Crippen molar-refractivity contribution in [2.24, 2.45) is 7.05 Å². The number of piperidine rings is 1. The third-order valence-electron chi connectivity index (χ3n) is 5.14. The van der Waals surface area contributed by atoms with Crippen LogP contribution >= 0.6 is 0 Å². The fraction of sp³-hybridized carbons (Fsp3) is 0.500. The number of aliphatic hydroxyl groups excluding tert-OH is 1. The van der Waals surface area contributed by atoms with Crippen molar-refractivity contribution in [2.45, 2.75) is 31.0 Å². The van der Waals surface area contributed by atoms with Gasteiger partial charge in [0.1, 0.15) is 23.2 Å². The highest BCUT2D eigenvalue weighted by Crippen LogP contribution is 2.43. The van der Waals surface area contributed by atoms with E-state index in [1.165, 1.54) is 0 Å². The quantitative estimate of drug-likeness (QED) is 0.855. The first-order valence-electron chi connectivity index (χ1n) is 8.88. The Bertz CT molecular complexity index is 783. The molecule has 1 saturated heterocycles. The third-order valence-corrected chi connectivity index (χ3v) is 5.14. The minimum atomic E-state index is -0.618. The molecule has 0 aliphatic carbocycles. The van der Waals surface area contributed by atoms with E-state index < -0.39 is 11.7 Å². The molecule has 2 N–H and O–H groups in total. The lowest BCUT2D eigenvalue weighted by atomic mass is 9.83. The normalized spacial score (nSPS) is 21.2. The minimum Gasteiger partial charge on any atom is -0.483 e. The van der Waals surface area contributed by atoms with Gasteiger partial charge in [-0.25, -0.2) is 4.98 Å². The van der Waals surface area contributed by atoms with Crippen molar-refractivity contribution in [2.75, 3.05) is 25.0 Å². The van der Waals surface area contributed by atoms with E-state index in [1.807, 2.05) is 30.1 Å². The van der Waals surface area contributed by atoms with Crippen LogP contribution in [0.5, 0.6) is 5.75 Å². The molecule has 4 heterocycles. The molecule has 2 aromatic heterocycles. The molecule has 8 heteroatoms. The van der Waals surface area contributed by atoms with Crippen LogP contribution in [0.2, 0.25) is 0 Å². The van der Waals surface area contributed by atoms with E-state index in [0.29, 0.717) is 49.6 Å². The van der Waals surface area contributed by atoms with Crippen LogP contribution in [0.1, 0.15) is 31.1 Å². The maximum atomic E-state index is 12.4. The molecule has 2 aliphatic heterocycles. The van der Waals surface area contributed by atoms with Crippen molar-refractivity contribution in [1.29, 1.82) is 0 Å². The lowest BCUT2D eigenvalue weighted by Crippen LogP contribution is -2.52. The first kappa shape index (κ1) is 16.8. The van der Waals surface area contributed by atoms with E-state index in [1.54, 1.807) is 17.1 Å². The van der Waals surface area contributed by atoms with Crippen LogP contribution < -0.4 is 10.1 Å². The predicted octanol–water partition coefficient (Wildman–Crippen LogP) is 1.10. The summed E-state index contributed by atoms with van der Waals surface area (Å²) in [4.78, 5) is 18.4. The number of aryl methyl sites for hydroxylation is 1. The summed E-state index contributed by atoms with van der Waals surface area (Å²) < 4.78 is 7.86. The number of likely N-dealkylation sites (tertiary alicyclic amines) is 1. The smallest absolute Gasteiger partial charge is 0.241 e. The van der Waals surface area contributed by atoms with Crippen LogP contribution in [0.3, 0.4) is 0 Å². The van der Waals surface area contributed by atoms with Crippen LogP contribution in [-0.4, -0.2) is 55.9 Å². The Balaban J connectivity index is 1.34. The fourth-order valence-corrected chi connectivity index (χ4v) is 3.73. The number of carbonyl (C=O) groups excluding carboxylic acids is 1. The molecule has 1 spiro atoms. The van der Waals surface area contributed by atoms with Crippen LogP contribution in [0.25, 0.3) is 0 Å². The molecule has 8 nitrogen and oxygen atoms in total. The van der Waals surface area contributed by atoms with E-state index in [9.17, 15) is 9.90 Å². The molecule has 138 valence electrons.